The van der Waals surface area contributed by atoms with Crippen LogP contribution in [0.2, 0.25) is 0 Å². The zero-order valence-corrected chi connectivity index (χ0v) is 16.5. The highest BCUT2D eigenvalue weighted by Gasteiger charge is 2.26. The molecule has 1 unspecified atom stereocenters. The summed E-state index contributed by atoms with van der Waals surface area (Å²) >= 11 is 0. The smallest absolute Gasteiger partial charge is 0.276 e. The lowest BCUT2D eigenvalue weighted by atomic mass is 10.1. The van der Waals surface area contributed by atoms with Gasteiger partial charge in [-0.25, -0.2) is 0 Å². The molecule has 6 heteroatoms. The van der Waals surface area contributed by atoms with Crippen molar-refractivity contribution in [2.24, 2.45) is 0 Å². The summed E-state index contributed by atoms with van der Waals surface area (Å²) in [6.45, 7) is 2.61. The molecule has 2 aromatic carbocycles. The Morgan fingerprint density at radius 3 is 2.52 bits per heavy atom. The van der Waals surface area contributed by atoms with Crippen LogP contribution in [0, 0.1) is 0 Å². The molecule has 0 spiro atoms. The van der Waals surface area contributed by atoms with Gasteiger partial charge in [-0.15, -0.1) is 5.10 Å². The Labute approximate surface area is 171 Å². The number of ether oxygens (including phenoxy) is 1. The topological polar surface area (TPSA) is 60.2 Å². The third kappa shape index (κ3) is 5.29. The van der Waals surface area contributed by atoms with Crippen LogP contribution in [0.25, 0.3) is 0 Å². The van der Waals surface area contributed by atoms with Crippen LogP contribution >= 0.6 is 0 Å². The number of likely N-dealkylation sites (tertiary alicyclic amines) is 1. The van der Waals surface area contributed by atoms with Crippen molar-refractivity contribution in [3.05, 3.63) is 83.7 Å². The van der Waals surface area contributed by atoms with Gasteiger partial charge in [0.2, 0.25) is 0 Å². The standard InChI is InChI=1S/C23H26N4O2/c28-23(22-17-27(25-24-22)15-13-19-8-3-1-4-9-19)26-14-7-12-21(16-26)29-18-20-10-5-2-6-11-20/h1-6,8-11,17,21H,7,12-16,18H2. The van der Waals surface area contributed by atoms with E-state index in [4.69, 9.17) is 4.74 Å². The molecule has 6 nitrogen and oxygen atoms in total. The number of nitrogens with zero attached hydrogens (tertiary/aromatic N) is 4. The van der Waals surface area contributed by atoms with Gasteiger partial charge < -0.3 is 9.64 Å². The summed E-state index contributed by atoms with van der Waals surface area (Å²) in [6.07, 6.45) is 4.57. The van der Waals surface area contributed by atoms with Crippen molar-refractivity contribution in [2.45, 2.75) is 38.5 Å². The third-order valence-electron chi connectivity index (χ3n) is 5.22. The van der Waals surface area contributed by atoms with Gasteiger partial charge in [0.05, 0.1) is 18.9 Å². The number of aryl methyl sites for hydroxylation is 2. The van der Waals surface area contributed by atoms with Crippen molar-refractivity contribution >= 4 is 5.91 Å². The molecule has 1 fully saturated rings. The van der Waals surface area contributed by atoms with Gasteiger partial charge in [0.25, 0.3) is 5.91 Å². The lowest BCUT2D eigenvalue weighted by molar-refractivity contribution is -0.00689. The van der Waals surface area contributed by atoms with Crippen molar-refractivity contribution < 1.29 is 9.53 Å². The van der Waals surface area contributed by atoms with Crippen LogP contribution in [-0.2, 0) is 24.3 Å². The minimum atomic E-state index is -0.0658. The van der Waals surface area contributed by atoms with Crippen LogP contribution in [0.4, 0.5) is 0 Å². The molecular formula is C23H26N4O2. The van der Waals surface area contributed by atoms with Crippen LogP contribution in [0.5, 0.6) is 0 Å². The number of piperidine rings is 1. The second kappa shape index (κ2) is 9.47. The van der Waals surface area contributed by atoms with E-state index in [9.17, 15) is 4.79 Å². The molecule has 0 N–H and O–H groups in total. The molecule has 1 amide bonds. The Balaban J connectivity index is 1.30. The molecule has 0 saturated carbocycles. The number of carbonyl (C=O) groups excluding carboxylic acids is 1. The van der Waals surface area contributed by atoms with E-state index in [2.05, 4.69) is 34.6 Å². The van der Waals surface area contributed by atoms with Crippen molar-refractivity contribution in [2.75, 3.05) is 13.1 Å². The quantitative estimate of drug-likeness (QED) is 0.621. The Morgan fingerprint density at radius 1 is 1.03 bits per heavy atom. The molecule has 0 radical (unpaired) electrons. The maximum atomic E-state index is 12.9. The lowest BCUT2D eigenvalue weighted by Gasteiger charge is -2.32. The summed E-state index contributed by atoms with van der Waals surface area (Å²) in [6, 6.07) is 20.4. The maximum absolute atomic E-state index is 12.9. The average Bonchev–Trinajstić information content (AvgIpc) is 3.26. The van der Waals surface area contributed by atoms with E-state index >= 15 is 0 Å². The predicted molar refractivity (Wildman–Crippen MR) is 110 cm³/mol. The van der Waals surface area contributed by atoms with Gasteiger partial charge in [0, 0.05) is 19.6 Å². The van der Waals surface area contributed by atoms with E-state index in [-0.39, 0.29) is 12.0 Å². The zero-order chi connectivity index (χ0) is 19.9. The fourth-order valence-electron chi connectivity index (χ4n) is 3.60. The predicted octanol–water partition coefficient (Wildman–Crippen LogP) is 3.34. The molecular weight excluding hydrogens is 364 g/mol. The van der Waals surface area contributed by atoms with E-state index in [1.807, 2.05) is 41.3 Å². The van der Waals surface area contributed by atoms with E-state index in [0.717, 1.165) is 31.4 Å². The van der Waals surface area contributed by atoms with Gasteiger partial charge in [-0.1, -0.05) is 65.9 Å². The van der Waals surface area contributed by atoms with Gasteiger partial charge in [0.15, 0.2) is 5.69 Å². The lowest BCUT2D eigenvalue weighted by Crippen LogP contribution is -2.43. The number of hydrogen-bond acceptors (Lipinski definition) is 4. The molecule has 2 heterocycles. The van der Waals surface area contributed by atoms with Crippen molar-refractivity contribution in [1.29, 1.82) is 0 Å². The first-order valence-electron chi connectivity index (χ1n) is 10.2. The maximum Gasteiger partial charge on any atom is 0.276 e. The number of benzene rings is 2. The Kier molecular flexibility index (Phi) is 6.32. The number of hydrogen-bond donors (Lipinski definition) is 0. The molecule has 3 aromatic rings. The number of amides is 1. The monoisotopic (exact) mass is 390 g/mol. The average molecular weight is 390 g/mol. The minimum absolute atomic E-state index is 0.0565. The first kappa shape index (κ1) is 19.3. The van der Waals surface area contributed by atoms with Crippen molar-refractivity contribution in [1.82, 2.24) is 19.9 Å². The highest BCUT2D eigenvalue weighted by atomic mass is 16.5. The van der Waals surface area contributed by atoms with Crippen LogP contribution in [0.1, 0.15) is 34.5 Å². The molecule has 0 bridgehead atoms. The zero-order valence-electron chi connectivity index (χ0n) is 16.5. The number of rotatable bonds is 7. The summed E-state index contributed by atoms with van der Waals surface area (Å²) in [5.41, 5.74) is 2.80. The molecule has 29 heavy (non-hydrogen) atoms. The van der Waals surface area contributed by atoms with Crippen molar-refractivity contribution in [3.8, 4) is 0 Å². The summed E-state index contributed by atoms with van der Waals surface area (Å²) in [4.78, 5) is 14.7. The van der Waals surface area contributed by atoms with Gasteiger partial charge in [0.1, 0.15) is 0 Å². The molecule has 4 rings (SSSR count). The Bertz CT molecular complexity index is 911. The first-order valence-corrected chi connectivity index (χ1v) is 10.2. The molecule has 1 aromatic heterocycles. The SMILES string of the molecule is O=C(c1cn(CCc2ccccc2)nn1)N1CCCC(OCc2ccccc2)C1. The first-order chi connectivity index (χ1) is 14.3. The summed E-state index contributed by atoms with van der Waals surface area (Å²) < 4.78 is 7.79. The fraction of sp³-hybridized carbons (Fsp3) is 0.348. The molecule has 1 saturated heterocycles. The van der Waals surface area contributed by atoms with Crippen molar-refractivity contribution in [3.63, 3.8) is 0 Å². The summed E-state index contributed by atoms with van der Waals surface area (Å²) in [7, 11) is 0. The van der Waals surface area contributed by atoms with Gasteiger partial charge in [-0.3, -0.25) is 9.48 Å². The number of carbonyl (C=O) groups is 1. The van der Waals surface area contributed by atoms with E-state index in [1.54, 1.807) is 10.9 Å². The van der Waals surface area contributed by atoms with Crippen LogP contribution in [-0.4, -0.2) is 45.0 Å². The van der Waals surface area contributed by atoms with Crippen LogP contribution in [0.3, 0.4) is 0 Å². The normalized spacial score (nSPS) is 16.7. The van der Waals surface area contributed by atoms with E-state index in [0.29, 0.717) is 25.4 Å². The fourth-order valence-corrected chi connectivity index (χ4v) is 3.60. The van der Waals surface area contributed by atoms with Crippen LogP contribution < -0.4 is 0 Å². The Morgan fingerprint density at radius 2 is 1.76 bits per heavy atom. The number of aromatic nitrogens is 3. The largest absolute Gasteiger partial charge is 0.372 e. The van der Waals surface area contributed by atoms with Crippen LogP contribution in [0.15, 0.2) is 66.9 Å². The van der Waals surface area contributed by atoms with Gasteiger partial charge in [-0.2, -0.15) is 0 Å². The summed E-state index contributed by atoms with van der Waals surface area (Å²) in [5.74, 6) is -0.0658. The van der Waals surface area contributed by atoms with E-state index < -0.39 is 0 Å². The highest BCUT2D eigenvalue weighted by molar-refractivity contribution is 5.92. The van der Waals surface area contributed by atoms with E-state index in [1.165, 1.54) is 5.56 Å². The minimum Gasteiger partial charge on any atom is -0.372 e. The van der Waals surface area contributed by atoms with Gasteiger partial charge in [-0.05, 0) is 30.4 Å². The van der Waals surface area contributed by atoms with Gasteiger partial charge >= 0.3 is 0 Å². The second-order valence-corrected chi connectivity index (χ2v) is 7.41. The molecule has 1 aliphatic rings. The third-order valence-corrected chi connectivity index (χ3v) is 5.22. The second-order valence-electron chi connectivity index (χ2n) is 7.41. The molecule has 1 aliphatic heterocycles. The Hall–Kier alpha value is -2.99. The summed E-state index contributed by atoms with van der Waals surface area (Å²) in [5, 5.41) is 8.23. The highest BCUT2D eigenvalue weighted by Crippen LogP contribution is 2.17. The molecule has 1 atom stereocenters. The molecule has 150 valence electrons. The molecule has 0 aliphatic carbocycles.